The van der Waals surface area contributed by atoms with Crippen molar-refractivity contribution in [3.63, 3.8) is 0 Å². The van der Waals surface area contributed by atoms with Gasteiger partial charge in [-0.1, -0.05) is 23.7 Å². The van der Waals surface area contributed by atoms with Crippen LogP contribution < -0.4 is 5.73 Å². The van der Waals surface area contributed by atoms with Gasteiger partial charge in [-0.15, -0.1) is 0 Å². The van der Waals surface area contributed by atoms with E-state index in [1.54, 1.807) is 24.3 Å². The minimum absolute atomic E-state index is 0.0133. The summed E-state index contributed by atoms with van der Waals surface area (Å²) >= 11 is 5.70. The Morgan fingerprint density at radius 2 is 2.11 bits per heavy atom. The summed E-state index contributed by atoms with van der Waals surface area (Å²) in [5.74, 6) is -0.494. The zero-order valence-electron chi connectivity index (χ0n) is 9.27. The average Bonchev–Trinajstić information content (AvgIpc) is 2.41. The Hall–Kier alpha value is -1.96. The molecule has 0 aliphatic heterocycles. The maximum absolute atomic E-state index is 13.1. The highest BCUT2D eigenvalue weighted by atomic mass is 35.5. The van der Waals surface area contributed by atoms with Gasteiger partial charge in [-0.05, 0) is 29.8 Å². The Kier molecular flexibility index (Phi) is 3.56. The first kappa shape index (κ1) is 12.5. The van der Waals surface area contributed by atoms with E-state index < -0.39 is 11.9 Å². The summed E-state index contributed by atoms with van der Waals surface area (Å²) in [5.41, 5.74) is 7.48. The molecule has 0 aliphatic rings. The third-order valence-electron chi connectivity index (χ3n) is 2.51. The van der Waals surface area contributed by atoms with Crippen molar-refractivity contribution in [2.45, 2.75) is 6.04 Å². The van der Waals surface area contributed by atoms with E-state index in [4.69, 9.17) is 22.6 Å². The number of halogens is 2. The molecule has 1 aromatic heterocycles. The van der Waals surface area contributed by atoms with E-state index >= 15 is 0 Å². The first-order valence-electron chi connectivity index (χ1n) is 5.19. The number of benzene rings is 1. The summed E-state index contributed by atoms with van der Waals surface area (Å²) in [6.45, 7) is 0. The van der Waals surface area contributed by atoms with Crippen LogP contribution in [-0.2, 0) is 0 Å². The molecular weight excluding hydrogens is 253 g/mol. The van der Waals surface area contributed by atoms with Gasteiger partial charge in [0.25, 0.3) is 0 Å². The number of hydrogen-bond acceptors (Lipinski definition) is 3. The van der Waals surface area contributed by atoms with Crippen molar-refractivity contribution in [3.05, 3.63) is 64.2 Å². The number of rotatable bonds is 2. The summed E-state index contributed by atoms with van der Waals surface area (Å²) < 4.78 is 13.1. The van der Waals surface area contributed by atoms with Gasteiger partial charge in [0.05, 0.1) is 16.8 Å². The standard InChI is InChI=1S/C13H9ClFN3/c14-10-6-8(4-5-11(10)15)13(17)12-3-1-2-9(7-16)18-12/h1-6,13H,17H2/t13-/m1/s1. The van der Waals surface area contributed by atoms with Gasteiger partial charge in [0.1, 0.15) is 17.6 Å². The number of pyridine rings is 1. The van der Waals surface area contributed by atoms with Crippen molar-refractivity contribution in [2.75, 3.05) is 0 Å². The van der Waals surface area contributed by atoms with Crippen LogP contribution in [-0.4, -0.2) is 4.98 Å². The second-order valence-electron chi connectivity index (χ2n) is 3.71. The summed E-state index contributed by atoms with van der Waals surface area (Å²) in [6, 6.07) is 10.7. The summed E-state index contributed by atoms with van der Waals surface area (Å²) in [5, 5.41) is 8.78. The monoisotopic (exact) mass is 261 g/mol. The second-order valence-corrected chi connectivity index (χ2v) is 4.12. The molecule has 0 saturated heterocycles. The van der Waals surface area contributed by atoms with Crippen LogP contribution in [0.4, 0.5) is 4.39 Å². The Morgan fingerprint density at radius 3 is 2.78 bits per heavy atom. The third-order valence-corrected chi connectivity index (χ3v) is 2.80. The van der Waals surface area contributed by atoms with E-state index in [0.29, 0.717) is 11.3 Å². The lowest BCUT2D eigenvalue weighted by atomic mass is 10.0. The Balaban J connectivity index is 2.38. The van der Waals surface area contributed by atoms with Gasteiger partial charge in [-0.2, -0.15) is 5.26 Å². The smallest absolute Gasteiger partial charge is 0.141 e. The number of hydrogen-bond donors (Lipinski definition) is 1. The summed E-state index contributed by atoms with van der Waals surface area (Å²) in [7, 11) is 0. The molecule has 1 atom stereocenters. The fourth-order valence-corrected chi connectivity index (χ4v) is 1.75. The molecule has 0 radical (unpaired) electrons. The van der Waals surface area contributed by atoms with E-state index in [1.807, 2.05) is 6.07 Å². The van der Waals surface area contributed by atoms with Crippen LogP contribution in [0.2, 0.25) is 5.02 Å². The van der Waals surface area contributed by atoms with Gasteiger partial charge < -0.3 is 5.73 Å². The predicted molar refractivity (Wildman–Crippen MR) is 66.4 cm³/mol. The highest BCUT2D eigenvalue weighted by Gasteiger charge is 2.12. The normalized spacial score (nSPS) is 11.9. The van der Waals surface area contributed by atoms with Gasteiger partial charge in [0, 0.05) is 0 Å². The lowest BCUT2D eigenvalue weighted by Crippen LogP contribution is -2.14. The lowest BCUT2D eigenvalue weighted by molar-refractivity contribution is 0.626. The van der Waals surface area contributed by atoms with E-state index in [-0.39, 0.29) is 10.7 Å². The fraction of sp³-hybridized carbons (Fsp3) is 0.0769. The molecule has 0 spiro atoms. The zero-order chi connectivity index (χ0) is 13.1. The molecular formula is C13H9ClFN3. The molecule has 0 unspecified atom stereocenters. The maximum Gasteiger partial charge on any atom is 0.141 e. The van der Waals surface area contributed by atoms with Gasteiger partial charge in [0.2, 0.25) is 0 Å². The molecule has 2 N–H and O–H groups in total. The van der Waals surface area contributed by atoms with Crippen LogP contribution in [0, 0.1) is 17.1 Å². The van der Waals surface area contributed by atoms with Crippen molar-refractivity contribution in [1.82, 2.24) is 4.98 Å². The van der Waals surface area contributed by atoms with Crippen LogP contribution in [0.3, 0.4) is 0 Å². The van der Waals surface area contributed by atoms with Crippen LogP contribution in [0.5, 0.6) is 0 Å². The number of aromatic nitrogens is 1. The molecule has 0 aliphatic carbocycles. The molecule has 2 aromatic rings. The van der Waals surface area contributed by atoms with E-state index in [9.17, 15) is 4.39 Å². The minimum Gasteiger partial charge on any atom is -0.319 e. The summed E-state index contributed by atoms with van der Waals surface area (Å²) in [4.78, 5) is 4.10. The van der Waals surface area contributed by atoms with E-state index in [1.165, 1.54) is 12.1 Å². The van der Waals surface area contributed by atoms with E-state index in [0.717, 1.165) is 0 Å². The molecule has 18 heavy (non-hydrogen) atoms. The first-order valence-corrected chi connectivity index (χ1v) is 5.57. The number of nitriles is 1. The molecule has 1 aromatic carbocycles. The zero-order valence-corrected chi connectivity index (χ0v) is 10.0. The van der Waals surface area contributed by atoms with Crippen molar-refractivity contribution in [2.24, 2.45) is 5.73 Å². The molecule has 90 valence electrons. The highest BCUT2D eigenvalue weighted by molar-refractivity contribution is 6.30. The Labute approximate surface area is 109 Å². The quantitative estimate of drug-likeness (QED) is 0.904. The fourth-order valence-electron chi connectivity index (χ4n) is 1.56. The highest BCUT2D eigenvalue weighted by Crippen LogP contribution is 2.23. The molecule has 1 heterocycles. The van der Waals surface area contributed by atoms with Crippen LogP contribution >= 0.6 is 11.6 Å². The van der Waals surface area contributed by atoms with Crippen molar-refractivity contribution < 1.29 is 4.39 Å². The molecule has 3 nitrogen and oxygen atoms in total. The molecule has 2 rings (SSSR count). The first-order chi connectivity index (χ1) is 8.61. The van der Waals surface area contributed by atoms with Crippen molar-refractivity contribution in [3.8, 4) is 6.07 Å². The van der Waals surface area contributed by atoms with Crippen molar-refractivity contribution in [1.29, 1.82) is 5.26 Å². The van der Waals surface area contributed by atoms with Gasteiger partial charge in [-0.3, -0.25) is 0 Å². The number of nitrogens with two attached hydrogens (primary N) is 1. The van der Waals surface area contributed by atoms with Gasteiger partial charge in [-0.25, -0.2) is 9.37 Å². The predicted octanol–water partition coefficient (Wildman–Crippen LogP) is 2.79. The Morgan fingerprint density at radius 1 is 1.33 bits per heavy atom. The lowest BCUT2D eigenvalue weighted by Gasteiger charge is -2.12. The molecule has 5 heteroatoms. The van der Waals surface area contributed by atoms with Gasteiger partial charge in [0.15, 0.2) is 0 Å². The Bertz CT molecular complexity index is 622. The van der Waals surface area contributed by atoms with E-state index in [2.05, 4.69) is 4.98 Å². The van der Waals surface area contributed by atoms with Crippen LogP contribution in [0.1, 0.15) is 23.0 Å². The van der Waals surface area contributed by atoms with Crippen LogP contribution in [0.15, 0.2) is 36.4 Å². The number of nitrogens with zero attached hydrogens (tertiary/aromatic N) is 2. The topological polar surface area (TPSA) is 62.7 Å². The largest absolute Gasteiger partial charge is 0.319 e. The SMILES string of the molecule is N#Cc1cccc([C@H](N)c2ccc(F)c(Cl)c2)n1. The summed E-state index contributed by atoms with van der Waals surface area (Å²) in [6.07, 6.45) is 0. The van der Waals surface area contributed by atoms with Crippen LogP contribution in [0.25, 0.3) is 0 Å². The molecule has 0 saturated carbocycles. The molecule has 0 amide bonds. The average molecular weight is 262 g/mol. The molecule has 0 bridgehead atoms. The third kappa shape index (κ3) is 2.48. The molecule has 0 fully saturated rings. The maximum atomic E-state index is 13.1. The minimum atomic E-state index is -0.545. The van der Waals surface area contributed by atoms with Gasteiger partial charge >= 0.3 is 0 Å². The van der Waals surface area contributed by atoms with Crippen molar-refractivity contribution >= 4 is 11.6 Å². The second kappa shape index (κ2) is 5.13.